The summed E-state index contributed by atoms with van der Waals surface area (Å²) in [4.78, 5) is 0. The minimum Gasteiger partial charge on any atom is -0.270 e. The molecule has 8 heavy (non-hydrogen) atoms. The molecule has 0 heterocycles. The van der Waals surface area contributed by atoms with Crippen molar-refractivity contribution in [3.8, 4) is 0 Å². The molecule has 0 aromatic heterocycles. The summed E-state index contributed by atoms with van der Waals surface area (Å²) >= 11 is 0. The predicted octanol–water partition coefficient (Wildman–Crippen LogP) is 2.08. The number of hydrogen-bond donors (Lipinski definition) is 0. The van der Waals surface area contributed by atoms with E-state index in [1.54, 1.807) is 0 Å². The summed E-state index contributed by atoms with van der Waals surface area (Å²) in [5.41, 5.74) is 1.36. The van der Waals surface area contributed by atoms with Crippen LogP contribution in [0.25, 0.3) is 0 Å². The summed E-state index contributed by atoms with van der Waals surface area (Å²) in [6.45, 7) is 2.15. The molecule has 0 nitrogen and oxygen atoms in total. The predicted molar refractivity (Wildman–Crippen MR) is 30.8 cm³/mol. The van der Waals surface area contributed by atoms with E-state index in [-0.39, 0.29) is 19.5 Å². The number of rotatable bonds is 1. The summed E-state index contributed by atoms with van der Waals surface area (Å²) < 4.78 is 0. The van der Waals surface area contributed by atoms with Gasteiger partial charge in [-0.15, -0.1) is 6.42 Å². The minimum absolute atomic E-state index is 0. The van der Waals surface area contributed by atoms with Crippen LogP contribution in [-0.4, -0.2) is 0 Å². The summed E-state index contributed by atoms with van der Waals surface area (Å²) in [6.07, 6.45) is 9.65. The average molecular weight is 194 g/mol. The van der Waals surface area contributed by atoms with Crippen molar-refractivity contribution < 1.29 is 19.5 Å². The van der Waals surface area contributed by atoms with Crippen molar-refractivity contribution in [2.45, 2.75) is 19.8 Å². The van der Waals surface area contributed by atoms with Crippen molar-refractivity contribution in [2.24, 2.45) is 0 Å². The van der Waals surface area contributed by atoms with E-state index in [0.29, 0.717) is 0 Å². The van der Waals surface area contributed by atoms with Crippen LogP contribution < -0.4 is 0 Å². The van der Waals surface area contributed by atoms with E-state index in [2.05, 4.69) is 25.2 Å². The van der Waals surface area contributed by atoms with Gasteiger partial charge in [0.2, 0.25) is 0 Å². The van der Waals surface area contributed by atoms with Crippen LogP contribution in [0.5, 0.6) is 0 Å². The average Bonchev–Trinajstić information content (AvgIpc) is 2.14. The van der Waals surface area contributed by atoms with Gasteiger partial charge in [-0.3, -0.25) is 6.08 Å². The van der Waals surface area contributed by atoms with E-state index in [9.17, 15) is 0 Å². The Balaban J connectivity index is 0.000000490. The maximum atomic E-state index is 3.21. The molecule has 1 heteroatoms. The van der Waals surface area contributed by atoms with Crippen LogP contribution in [0.4, 0.5) is 0 Å². The maximum Gasteiger partial charge on any atom is 1.00 e. The molecule has 0 saturated heterocycles. The van der Waals surface area contributed by atoms with Crippen LogP contribution in [0.1, 0.15) is 19.8 Å². The van der Waals surface area contributed by atoms with Crippen molar-refractivity contribution in [3.63, 3.8) is 0 Å². The summed E-state index contributed by atoms with van der Waals surface area (Å²) in [6, 6.07) is 0. The van der Waals surface area contributed by atoms with Crippen molar-refractivity contribution >= 4 is 0 Å². The van der Waals surface area contributed by atoms with Crippen LogP contribution in [0, 0.1) is 6.08 Å². The van der Waals surface area contributed by atoms with Gasteiger partial charge in [-0.1, -0.05) is 13.3 Å². The molecule has 1 aliphatic carbocycles. The maximum absolute atomic E-state index is 3.21. The quantitative estimate of drug-likeness (QED) is 0.443. The molecule has 1 aliphatic rings. The monoisotopic (exact) mass is 195 g/mol. The fourth-order valence-electron chi connectivity index (χ4n) is 0.693. The van der Waals surface area contributed by atoms with Crippen molar-refractivity contribution in [3.05, 3.63) is 23.8 Å². The largest absolute Gasteiger partial charge is 1.00 e. The molecule has 0 spiro atoms. The Hall–Kier alpha value is 0.103. The molecule has 0 unspecified atom stereocenters. The first kappa shape index (κ1) is 8.10. The van der Waals surface area contributed by atoms with Crippen LogP contribution in [-0.2, 0) is 19.5 Å². The molecule has 0 fully saturated rings. The standard InChI is InChI=1S/C7H9.Ru/c1-2-7-5-3-4-6-7;/h3,5H,2,4H2,1H3;/q-1;+1. The second-order valence-electron chi connectivity index (χ2n) is 1.66. The fraction of sp³-hybridized carbons (Fsp3) is 0.429. The topological polar surface area (TPSA) is 0 Å². The summed E-state index contributed by atoms with van der Waals surface area (Å²) in [5.74, 6) is 0. The van der Waals surface area contributed by atoms with Crippen molar-refractivity contribution in [1.29, 1.82) is 0 Å². The molecule has 0 aromatic rings. The molecule has 45 valence electrons. The van der Waals surface area contributed by atoms with Gasteiger partial charge in [0.25, 0.3) is 0 Å². The normalized spacial score (nSPS) is 15.4. The number of hydrogen-bond acceptors (Lipinski definition) is 0. The van der Waals surface area contributed by atoms with E-state index in [1.165, 1.54) is 5.57 Å². The molecule has 0 atom stereocenters. The first-order chi connectivity index (χ1) is 3.43. The van der Waals surface area contributed by atoms with E-state index in [1.807, 2.05) is 0 Å². The molecule has 0 aromatic carbocycles. The zero-order chi connectivity index (χ0) is 5.11. The third-order valence-corrected chi connectivity index (χ3v) is 1.15. The Kier molecular flexibility index (Phi) is 4.08. The minimum atomic E-state index is 0. The van der Waals surface area contributed by atoms with Gasteiger partial charge in [0.15, 0.2) is 0 Å². The smallest absolute Gasteiger partial charge is 0.270 e. The molecule has 1 radical (unpaired) electrons. The molecule has 1 rings (SSSR count). The second kappa shape index (κ2) is 4.03. The first-order valence-electron chi connectivity index (χ1n) is 2.69. The zero-order valence-corrected chi connectivity index (χ0v) is 6.66. The Morgan fingerprint density at radius 1 is 1.75 bits per heavy atom. The van der Waals surface area contributed by atoms with Crippen LogP contribution in [0.3, 0.4) is 0 Å². The van der Waals surface area contributed by atoms with Gasteiger partial charge in [-0.05, 0) is 0 Å². The van der Waals surface area contributed by atoms with Crippen LogP contribution in [0.2, 0.25) is 0 Å². The SMILES string of the molecule is CCC1=[C-]CC=C1.[Ru+]. The van der Waals surface area contributed by atoms with E-state index >= 15 is 0 Å². The Morgan fingerprint density at radius 3 is 2.75 bits per heavy atom. The van der Waals surface area contributed by atoms with Crippen LogP contribution >= 0.6 is 0 Å². The Labute approximate surface area is 63.4 Å². The van der Waals surface area contributed by atoms with Crippen LogP contribution in [0.15, 0.2) is 17.7 Å². The Bertz CT molecular complexity index is 112. The summed E-state index contributed by atoms with van der Waals surface area (Å²) in [5, 5.41) is 0. The number of allylic oxidation sites excluding steroid dienone is 4. The molecule has 0 amide bonds. The van der Waals surface area contributed by atoms with Gasteiger partial charge in [0, 0.05) is 0 Å². The third-order valence-electron chi connectivity index (χ3n) is 1.15. The molecule has 0 saturated carbocycles. The van der Waals surface area contributed by atoms with Gasteiger partial charge in [0.1, 0.15) is 0 Å². The van der Waals surface area contributed by atoms with Gasteiger partial charge in [-0.25, -0.2) is 11.6 Å². The van der Waals surface area contributed by atoms with Crippen molar-refractivity contribution in [2.75, 3.05) is 0 Å². The van der Waals surface area contributed by atoms with Gasteiger partial charge in [0.05, 0.1) is 0 Å². The zero-order valence-electron chi connectivity index (χ0n) is 4.92. The molecule has 0 N–H and O–H groups in total. The van der Waals surface area contributed by atoms with E-state index in [0.717, 1.165) is 12.8 Å². The van der Waals surface area contributed by atoms with E-state index < -0.39 is 0 Å². The first-order valence-corrected chi connectivity index (χ1v) is 2.69. The molecule has 0 aliphatic heterocycles. The van der Waals surface area contributed by atoms with Gasteiger partial charge >= 0.3 is 19.5 Å². The molecular formula is C7H9Ru. The van der Waals surface area contributed by atoms with Gasteiger partial charge < -0.3 is 0 Å². The second-order valence-corrected chi connectivity index (χ2v) is 1.66. The molecule has 0 bridgehead atoms. The fourth-order valence-corrected chi connectivity index (χ4v) is 0.693. The van der Waals surface area contributed by atoms with E-state index in [4.69, 9.17) is 0 Å². The Morgan fingerprint density at radius 2 is 2.50 bits per heavy atom. The third kappa shape index (κ3) is 1.92. The van der Waals surface area contributed by atoms with Gasteiger partial charge in [-0.2, -0.15) is 6.08 Å². The van der Waals surface area contributed by atoms with Crippen molar-refractivity contribution in [1.82, 2.24) is 0 Å². The summed E-state index contributed by atoms with van der Waals surface area (Å²) in [7, 11) is 0. The molecular weight excluding hydrogens is 185 g/mol.